The van der Waals surface area contributed by atoms with Gasteiger partial charge in [0.15, 0.2) is 0 Å². The summed E-state index contributed by atoms with van der Waals surface area (Å²) in [6.45, 7) is 3.79. The van der Waals surface area contributed by atoms with E-state index >= 15 is 0 Å². The Labute approximate surface area is 161 Å². The van der Waals surface area contributed by atoms with Crippen molar-refractivity contribution in [3.05, 3.63) is 0 Å². The molecule has 0 rings (SSSR count). The number of ether oxygens (including phenoxy) is 3. The summed E-state index contributed by atoms with van der Waals surface area (Å²) in [5.74, 6) is -6.70. The number of rotatable bonds is 9. The minimum absolute atomic E-state index is 0. The molecule has 10 heteroatoms. The summed E-state index contributed by atoms with van der Waals surface area (Å²) < 4.78 is 14.5. The van der Waals surface area contributed by atoms with Crippen LogP contribution in [0.1, 0.15) is 20.8 Å². The predicted molar refractivity (Wildman–Crippen MR) is 54.5 cm³/mol. The number of carboxylic acid groups (broad SMARTS) is 2. The largest absolute Gasteiger partial charge is 1.00 e. The van der Waals surface area contributed by atoms with Gasteiger partial charge < -0.3 is 34.0 Å². The van der Waals surface area contributed by atoms with Gasteiger partial charge in [-0.2, -0.15) is 0 Å². The molecule has 0 spiro atoms. The van der Waals surface area contributed by atoms with Gasteiger partial charge in [0.2, 0.25) is 5.72 Å². The maximum Gasteiger partial charge on any atom is 1.00 e. The second-order valence-corrected chi connectivity index (χ2v) is 3.23. The second-order valence-electron chi connectivity index (χ2n) is 3.23. The van der Waals surface area contributed by atoms with E-state index in [1.54, 1.807) is 0 Å². The first-order valence-corrected chi connectivity index (χ1v) is 5.45. The van der Waals surface area contributed by atoms with Crippen molar-refractivity contribution in [3.63, 3.8) is 0 Å². The number of carboxylic acids is 2. The Morgan fingerprint density at radius 1 is 0.900 bits per heavy atom. The zero-order valence-corrected chi connectivity index (χ0v) is 16.6. The standard InChI is InChI=1S/C10H19NO7.2Na/c1-4-16-9(11,7(12)13)10(8(14)15,17-5-2)18-6-3;;/h4-6,11H2,1-3H3,(H,12,13)(H,14,15);;/q;2*+1/p-2. The van der Waals surface area contributed by atoms with Gasteiger partial charge in [0.05, 0.1) is 5.97 Å². The summed E-state index contributed by atoms with van der Waals surface area (Å²) in [5.41, 5.74) is 2.64. The first-order valence-electron chi connectivity index (χ1n) is 5.45. The van der Waals surface area contributed by atoms with Crippen LogP contribution >= 0.6 is 0 Å². The minimum atomic E-state index is -2.81. The van der Waals surface area contributed by atoms with E-state index in [0.29, 0.717) is 0 Å². The van der Waals surface area contributed by atoms with Crippen LogP contribution in [0.25, 0.3) is 0 Å². The fraction of sp³-hybridized carbons (Fsp3) is 0.800. The first kappa shape index (κ1) is 25.7. The average molecular weight is 309 g/mol. The SMILES string of the molecule is CCOC(N)(C(=O)[O-])C(OCC)(OCC)C(=O)[O-].[Na+].[Na+]. The molecule has 0 heterocycles. The maximum absolute atomic E-state index is 11.2. The van der Waals surface area contributed by atoms with Crippen LogP contribution in [0.4, 0.5) is 0 Å². The van der Waals surface area contributed by atoms with Gasteiger partial charge in [0.1, 0.15) is 5.97 Å². The molecule has 0 bridgehead atoms. The van der Waals surface area contributed by atoms with Gasteiger partial charge in [-0.15, -0.1) is 0 Å². The van der Waals surface area contributed by atoms with Crippen molar-refractivity contribution < 1.29 is 93.1 Å². The Kier molecular flexibility index (Phi) is 14.6. The van der Waals surface area contributed by atoms with E-state index in [9.17, 15) is 19.8 Å². The number of hydrogen-bond acceptors (Lipinski definition) is 8. The number of carbonyl (C=O) groups is 2. The molecule has 0 aliphatic rings. The van der Waals surface area contributed by atoms with E-state index < -0.39 is 23.5 Å². The monoisotopic (exact) mass is 309 g/mol. The summed E-state index contributed by atoms with van der Waals surface area (Å²) in [6, 6.07) is 0. The number of nitrogens with two attached hydrogens (primary N) is 1. The number of carbonyl (C=O) groups excluding carboxylic acids is 2. The maximum atomic E-state index is 11.2. The van der Waals surface area contributed by atoms with Crippen LogP contribution in [-0.2, 0) is 23.8 Å². The molecule has 2 N–H and O–H groups in total. The molecule has 1 atom stereocenters. The van der Waals surface area contributed by atoms with E-state index in [1.165, 1.54) is 20.8 Å². The second kappa shape index (κ2) is 11.4. The molecule has 1 unspecified atom stereocenters. The van der Waals surface area contributed by atoms with Crippen LogP contribution in [0, 0.1) is 0 Å². The van der Waals surface area contributed by atoms with E-state index in [-0.39, 0.29) is 78.9 Å². The molecule has 0 aromatic heterocycles. The van der Waals surface area contributed by atoms with Crippen molar-refractivity contribution in [2.45, 2.75) is 32.3 Å². The molecule has 0 aliphatic carbocycles. The topological polar surface area (TPSA) is 134 Å². The van der Waals surface area contributed by atoms with Crippen LogP contribution in [0.5, 0.6) is 0 Å². The van der Waals surface area contributed by atoms with Gasteiger partial charge >= 0.3 is 59.1 Å². The molecule has 0 aromatic carbocycles. The average Bonchev–Trinajstić information content (AvgIpc) is 2.28. The van der Waals surface area contributed by atoms with E-state index in [2.05, 4.69) is 0 Å². The molecule has 0 radical (unpaired) electrons. The van der Waals surface area contributed by atoms with Crippen LogP contribution in [-0.4, -0.2) is 43.3 Å². The van der Waals surface area contributed by atoms with Crippen LogP contribution < -0.4 is 75.1 Å². The van der Waals surface area contributed by atoms with Gasteiger partial charge in [-0.1, -0.05) is 0 Å². The molecular weight excluding hydrogens is 292 g/mol. The van der Waals surface area contributed by atoms with Gasteiger partial charge in [0.25, 0.3) is 5.79 Å². The summed E-state index contributed by atoms with van der Waals surface area (Å²) in [6.07, 6.45) is 0. The Balaban J connectivity index is -0.00000144. The molecule has 0 fully saturated rings. The van der Waals surface area contributed by atoms with Gasteiger partial charge in [-0.05, 0) is 20.8 Å². The van der Waals surface area contributed by atoms with Crippen molar-refractivity contribution >= 4 is 11.9 Å². The van der Waals surface area contributed by atoms with Crippen molar-refractivity contribution in [2.24, 2.45) is 5.73 Å². The third-order valence-corrected chi connectivity index (χ3v) is 2.13. The molecule has 106 valence electrons. The Morgan fingerprint density at radius 3 is 1.45 bits per heavy atom. The van der Waals surface area contributed by atoms with Crippen molar-refractivity contribution in [1.29, 1.82) is 0 Å². The Hall–Kier alpha value is 0.780. The van der Waals surface area contributed by atoms with Crippen LogP contribution in [0.15, 0.2) is 0 Å². The fourth-order valence-electron chi connectivity index (χ4n) is 1.45. The van der Waals surface area contributed by atoms with Crippen molar-refractivity contribution in [2.75, 3.05) is 19.8 Å². The predicted octanol–water partition coefficient (Wildman–Crippen LogP) is -9.05. The van der Waals surface area contributed by atoms with Gasteiger partial charge in [0, 0.05) is 19.8 Å². The number of aliphatic carboxylic acids is 2. The third kappa shape index (κ3) is 5.20. The molecule has 0 aliphatic heterocycles. The molecule has 20 heavy (non-hydrogen) atoms. The first-order chi connectivity index (χ1) is 8.32. The summed E-state index contributed by atoms with van der Waals surface area (Å²) in [7, 11) is 0. The van der Waals surface area contributed by atoms with Crippen molar-refractivity contribution in [1.82, 2.24) is 0 Å². The summed E-state index contributed by atoms with van der Waals surface area (Å²) in [5, 5.41) is 22.3. The smallest absolute Gasteiger partial charge is 0.545 e. The van der Waals surface area contributed by atoms with Crippen LogP contribution in [0.2, 0.25) is 0 Å². The van der Waals surface area contributed by atoms with Crippen LogP contribution in [0.3, 0.4) is 0 Å². The molecule has 8 nitrogen and oxygen atoms in total. The van der Waals surface area contributed by atoms with Gasteiger partial charge in [-0.25, -0.2) is 0 Å². The molecule has 0 amide bonds. The van der Waals surface area contributed by atoms with E-state index in [4.69, 9.17) is 19.9 Å². The zero-order valence-electron chi connectivity index (χ0n) is 12.6. The van der Waals surface area contributed by atoms with Crippen molar-refractivity contribution in [3.8, 4) is 0 Å². The fourth-order valence-corrected chi connectivity index (χ4v) is 1.45. The molecular formula is C10H17NNa2O7. The Bertz CT molecular complexity index is 310. The summed E-state index contributed by atoms with van der Waals surface area (Å²) in [4.78, 5) is 22.3. The Morgan fingerprint density at radius 2 is 1.25 bits per heavy atom. The normalized spacial score (nSPS) is 13.6. The summed E-state index contributed by atoms with van der Waals surface area (Å²) >= 11 is 0. The van der Waals surface area contributed by atoms with Gasteiger partial charge in [-0.3, -0.25) is 5.73 Å². The number of hydrogen-bond donors (Lipinski definition) is 1. The minimum Gasteiger partial charge on any atom is -0.545 e. The van der Waals surface area contributed by atoms with E-state index in [0.717, 1.165) is 0 Å². The quantitative estimate of drug-likeness (QED) is 0.328. The third-order valence-electron chi connectivity index (χ3n) is 2.13. The molecule has 0 saturated carbocycles. The molecule has 0 saturated heterocycles. The molecule has 0 aromatic rings. The van der Waals surface area contributed by atoms with E-state index in [1.807, 2.05) is 0 Å². The zero-order chi connectivity index (χ0) is 14.4.